The predicted molar refractivity (Wildman–Crippen MR) is 77.9 cm³/mol. The zero-order chi connectivity index (χ0) is 13.0. The van der Waals surface area contributed by atoms with E-state index in [4.69, 9.17) is 5.73 Å². The molecule has 0 aromatic heterocycles. The molecule has 1 aromatic carbocycles. The number of benzene rings is 1. The van der Waals surface area contributed by atoms with E-state index in [0.717, 1.165) is 11.3 Å². The van der Waals surface area contributed by atoms with Gasteiger partial charge in [-0.2, -0.15) is 0 Å². The molecule has 2 nitrogen and oxygen atoms in total. The first-order valence-electron chi connectivity index (χ1n) is 6.83. The van der Waals surface area contributed by atoms with Gasteiger partial charge in [0.15, 0.2) is 0 Å². The molecule has 2 atom stereocenters. The molecule has 1 fully saturated rings. The number of rotatable bonds is 5. The SMILES string of the molecule is Cc1ccccc1C(N)CS(=O)CC1CCCC1. The molecule has 0 spiro atoms. The Morgan fingerprint density at radius 2 is 2.00 bits per heavy atom. The summed E-state index contributed by atoms with van der Waals surface area (Å²) < 4.78 is 12.1. The van der Waals surface area contributed by atoms with Crippen molar-refractivity contribution in [3.05, 3.63) is 35.4 Å². The molecule has 1 aromatic rings. The van der Waals surface area contributed by atoms with Crippen molar-refractivity contribution in [2.75, 3.05) is 11.5 Å². The van der Waals surface area contributed by atoms with Gasteiger partial charge in [-0.05, 0) is 36.8 Å². The van der Waals surface area contributed by atoms with Gasteiger partial charge >= 0.3 is 0 Å². The monoisotopic (exact) mass is 265 g/mol. The Balaban J connectivity index is 1.88. The van der Waals surface area contributed by atoms with E-state index in [-0.39, 0.29) is 6.04 Å². The summed E-state index contributed by atoms with van der Waals surface area (Å²) in [4.78, 5) is 0. The van der Waals surface area contributed by atoms with Crippen molar-refractivity contribution in [1.82, 2.24) is 0 Å². The molecule has 0 bridgehead atoms. The van der Waals surface area contributed by atoms with Gasteiger partial charge in [-0.15, -0.1) is 0 Å². The van der Waals surface area contributed by atoms with E-state index in [1.54, 1.807) is 0 Å². The number of hydrogen-bond acceptors (Lipinski definition) is 2. The summed E-state index contributed by atoms with van der Waals surface area (Å²) in [5.74, 6) is 2.12. The van der Waals surface area contributed by atoms with E-state index in [1.807, 2.05) is 18.2 Å². The predicted octanol–water partition coefficient (Wildman–Crippen LogP) is 2.93. The van der Waals surface area contributed by atoms with Crippen LogP contribution in [-0.2, 0) is 10.8 Å². The highest BCUT2D eigenvalue weighted by molar-refractivity contribution is 7.85. The third-order valence-electron chi connectivity index (χ3n) is 3.85. The molecule has 0 radical (unpaired) electrons. The molecular formula is C15H23NOS. The lowest BCUT2D eigenvalue weighted by atomic mass is 10.0. The van der Waals surface area contributed by atoms with Gasteiger partial charge in [0, 0.05) is 28.3 Å². The zero-order valence-corrected chi connectivity index (χ0v) is 11.9. The van der Waals surface area contributed by atoms with Gasteiger partial charge in [0.2, 0.25) is 0 Å². The van der Waals surface area contributed by atoms with Crippen molar-refractivity contribution < 1.29 is 4.21 Å². The molecule has 2 N–H and O–H groups in total. The van der Waals surface area contributed by atoms with Gasteiger partial charge in [0.05, 0.1) is 0 Å². The minimum atomic E-state index is -0.774. The molecular weight excluding hydrogens is 242 g/mol. The van der Waals surface area contributed by atoms with Crippen LogP contribution in [0.15, 0.2) is 24.3 Å². The Hall–Kier alpha value is -0.670. The highest BCUT2D eigenvalue weighted by Gasteiger charge is 2.19. The summed E-state index contributed by atoms with van der Waals surface area (Å²) in [6, 6.07) is 8.04. The molecule has 0 heterocycles. The molecule has 1 saturated carbocycles. The van der Waals surface area contributed by atoms with E-state index in [1.165, 1.54) is 31.2 Å². The van der Waals surface area contributed by atoms with Crippen LogP contribution >= 0.6 is 0 Å². The van der Waals surface area contributed by atoms with Crippen LogP contribution in [0.5, 0.6) is 0 Å². The van der Waals surface area contributed by atoms with Gasteiger partial charge in [-0.1, -0.05) is 37.1 Å². The minimum Gasteiger partial charge on any atom is -0.323 e. The molecule has 100 valence electrons. The second kappa shape index (κ2) is 6.48. The summed E-state index contributed by atoms with van der Waals surface area (Å²) in [5, 5.41) is 0. The summed E-state index contributed by atoms with van der Waals surface area (Å²) in [7, 11) is -0.774. The first kappa shape index (κ1) is 13.8. The number of aryl methyl sites for hydroxylation is 1. The number of hydrogen-bond donors (Lipinski definition) is 1. The van der Waals surface area contributed by atoms with Crippen molar-refractivity contribution in [1.29, 1.82) is 0 Å². The standard InChI is InChI=1S/C15H23NOS/c1-12-6-2-5-9-14(12)15(16)11-18(17)10-13-7-3-4-8-13/h2,5-6,9,13,15H,3-4,7-8,10-11,16H2,1H3. The fourth-order valence-corrected chi connectivity index (χ4v) is 4.38. The zero-order valence-electron chi connectivity index (χ0n) is 11.1. The fraction of sp³-hybridized carbons (Fsp3) is 0.600. The Labute approximate surface area is 112 Å². The maximum absolute atomic E-state index is 12.1. The van der Waals surface area contributed by atoms with Crippen LogP contribution in [0.2, 0.25) is 0 Å². The smallest absolute Gasteiger partial charge is 0.0428 e. The van der Waals surface area contributed by atoms with Crippen molar-refractivity contribution >= 4 is 10.8 Å². The molecule has 18 heavy (non-hydrogen) atoms. The molecule has 0 aliphatic heterocycles. The summed E-state index contributed by atoms with van der Waals surface area (Å²) >= 11 is 0. The lowest BCUT2D eigenvalue weighted by Crippen LogP contribution is -2.22. The summed E-state index contributed by atoms with van der Waals surface area (Å²) in [5.41, 5.74) is 8.51. The van der Waals surface area contributed by atoms with Crippen LogP contribution in [0.25, 0.3) is 0 Å². The highest BCUT2D eigenvalue weighted by atomic mass is 32.2. The van der Waals surface area contributed by atoms with Gasteiger partial charge in [0.1, 0.15) is 0 Å². The lowest BCUT2D eigenvalue weighted by Gasteiger charge is -2.15. The maximum atomic E-state index is 12.1. The normalized spacial score (nSPS) is 19.9. The Morgan fingerprint density at radius 1 is 1.33 bits per heavy atom. The quantitative estimate of drug-likeness (QED) is 0.889. The Morgan fingerprint density at radius 3 is 2.67 bits per heavy atom. The van der Waals surface area contributed by atoms with E-state index in [2.05, 4.69) is 13.0 Å². The van der Waals surface area contributed by atoms with E-state index >= 15 is 0 Å². The van der Waals surface area contributed by atoms with Crippen molar-refractivity contribution in [3.8, 4) is 0 Å². The van der Waals surface area contributed by atoms with Crippen molar-refractivity contribution in [2.24, 2.45) is 11.7 Å². The minimum absolute atomic E-state index is 0.0894. The van der Waals surface area contributed by atoms with Gasteiger partial charge < -0.3 is 5.73 Å². The third kappa shape index (κ3) is 3.66. The van der Waals surface area contributed by atoms with Crippen molar-refractivity contribution in [2.45, 2.75) is 38.6 Å². The largest absolute Gasteiger partial charge is 0.323 e. The number of nitrogens with two attached hydrogens (primary N) is 1. The Bertz CT molecular complexity index is 413. The molecule has 2 unspecified atom stereocenters. The van der Waals surface area contributed by atoms with Gasteiger partial charge in [-0.3, -0.25) is 4.21 Å². The lowest BCUT2D eigenvalue weighted by molar-refractivity contribution is 0.602. The van der Waals surface area contributed by atoms with Crippen LogP contribution in [0.1, 0.15) is 42.9 Å². The van der Waals surface area contributed by atoms with Crippen LogP contribution in [-0.4, -0.2) is 15.7 Å². The maximum Gasteiger partial charge on any atom is 0.0428 e. The molecule has 1 aliphatic rings. The third-order valence-corrected chi connectivity index (χ3v) is 5.42. The van der Waals surface area contributed by atoms with Crippen LogP contribution in [0.3, 0.4) is 0 Å². The van der Waals surface area contributed by atoms with Crippen molar-refractivity contribution in [3.63, 3.8) is 0 Å². The highest BCUT2D eigenvalue weighted by Crippen LogP contribution is 2.26. The molecule has 1 aliphatic carbocycles. The van der Waals surface area contributed by atoms with Crippen LogP contribution < -0.4 is 5.73 Å². The van der Waals surface area contributed by atoms with Crippen LogP contribution in [0.4, 0.5) is 0 Å². The summed E-state index contributed by atoms with van der Waals surface area (Å²) in [6.45, 7) is 2.06. The van der Waals surface area contributed by atoms with Gasteiger partial charge in [-0.25, -0.2) is 0 Å². The molecule has 0 saturated heterocycles. The average molecular weight is 265 g/mol. The molecule has 0 amide bonds. The second-order valence-corrected chi connectivity index (χ2v) is 6.93. The fourth-order valence-electron chi connectivity index (χ4n) is 2.80. The van der Waals surface area contributed by atoms with E-state index in [9.17, 15) is 4.21 Å². The van der Waals surface area contributed by atoms with E-state index in [0.29, 0.717) is 11.7 Å². The topological polar surface area (TPSA) is 43.1 Å². The first-order chi connectivity index (χ1) is 8.66. The average Bonchev–Trinajstić information content (AvgIpc) is 2.82. The second-order valence-electron chi connectivity index (χ2n) is 5.39. The molecule has 2 rings (SSSR count). The molecule has 3 heteroatoms. The first-order valence-corrected chi connectivity index (χ1v) is 8.31. The summed E-state index contributed by atoms with van der Waals surface area (Å²) in [6.07, 6.45) is 5.13. The van der Waals surface area contributed by atoms with Gasteiger partial charge in [0.25, 0.3) is 0 Å². The van der Waals surface area contributed by atoms with Crippen LogP contribution in [0, 0.1) is 12.8 Å². The van der Waals surface area contributed by atoms with E-state index < -0.39 is 10.8 Å². The Kier molecular flexibility index (Phi) is 4.95.